The Hall–Kier alpha value is -2.40. The van der Waals surface area contributed by atoms with Gasteiger partial charge < -0.3 is 14.2 Å². The van der Waals surface area contributed by atoms with Gasteiger partial charge in [0.15, 0.2) is 6.10 Å². The van der Waals surface area contributed by atoms with E-state index in [0.29, 0.717) is 25.9 Å². The zero-order chi connectivity index (χ0) is 46.3. The summed E-state index contributed by atoms with van der Waals surface area (Å²) in [6.45, 7) is 7.66. The van der Waals surface area contributed by atoms with Gasteiger partial charge in [-0.1, -0.05) is 255 Å². The fourth-order valence-corrected chi connectivity index (χ4v) is 7.93. The van der Waals surface area contributed by atoms with Crippen molar-refractivity contribution in [2.45, 2.75) is 284 Å². The number of unbranched alkanes of at least 4 members (excludes halogenated alkanes) is 30. The van der Waals surface area contributed by atoms with Crippen molar-refractivity contribution in [1.82, 2.24) is 0 Å². The Morgan fingerprint density at radius 2 is 0.734 bits per heavy atom. The van der Waals surface area contributed by atoms with E-state index in [1.54, 1.807) is 0 Å². The molecule has 0 aliphatic heterocycles. The average Bonchev–Trinajstić information content (AvgIpc) is 3.30. The zero-order valence-corrected chi connectivity index (χ0v) is 42.8. The lowest BCUT2D eigenvalue weighted by molar-refractivity contribution is -0.162. The van der Waals surface area contributed by atoms with Gasteiger partial charge in [-0.15, -0.1) is 0 Å². The minimum absolute atomic E-state index is 0.0544. The van der Waals surface area contributed by atoms with E-state index in [9.17, 15) is 9.59 Å². The van der Waals surface area contributed by atoms with Crippen molar-refractivity contribution >= 4 is 11.9 Å². The number of rotatable bonds is 51. The number of carbonyl (C=O) groups is 2. The van der Waals surface area contributed by atoms with Crippen LogP contribution < -0.4 is 0 Å². The molecule has 64 heavy (non-hydrogen) atoms. The summed E-state index contributed by atoms with van der Waals surface area (Å²) in [5, 5.41) is 0. The minimum Gasteiger partial charge on any atom is -0.462 e. The molecule has 0 aromatic heterocycles. The molecule has 1 atom stereocenters. The molecule has 0 spiro atoms. The molecule has 0 heterocycles. The molecule has 0 aromatic rings. The van der Waals surface area contributed by atoms with Crippen LogP contribution in [0.5, 0.6) is 0 Å². The van der Waals surface area contributed by atoms with E-state index in [4.69, 9.17) is 14.2 Å². The van der Waals surface area contributed by atoms with Crippen LogP contribution in [0, 0.1) is 0 Å². The first-order chi connectivity index (χ1) is 31.6. The second-order valence-electron chi connectivity index (χ2n) is 18.5. The fourth-order valence-electron chi connectivity index (χ4n) is 7.93. The highest BCUT2D eigenvalue weighted by atomic mass is 16.6. The van der Waals surface area contributed by atoms with Crippen molar-refractivity contribution in [2.75, 3.05) is 19.8 Å². The summed E-state index contributed by atoms with van der Waals surface area (Å²) >= 11 is 0. The Kier molecular flexibility index (Phi) is 52.9. The van der Waals surface area contributed by atoms with E-state index in [0.717, 1.165) is 64.2 Å². The predicted molar refractivity (Wildman–Crippen MR) is 279 cm³/mol. The van der Waals surface area contributed by atoms with E-state index in [-0.39, 0.29) is 25.2 Å². The van der Waals surface area contributed by atoms with Crippen LogP contribution in [0.25, 0.3) is 0 Å². The summed E-state index contributed by atoms with van der Waals surface area (Å²) < 4.78 is 17.4. The van der Waals surface area contributed by atoms with Gasteiger partial charge in [-0.2, -0.15) is 0 Å². The largest absolute Gasteiger partial charge is 0.462 e. The molecule has 0 radical (unpaired) electrons. The van der Waals surface area contributed by atoms with E-state index < -0.39 is 6.10 Å². The summed E-state index contributed by atoms with van der Waals surface area (Å²) in [6.07, 6.45) is 69.7. The molecular formula is C59H106O5. The van der Waals surface area contributed by atoms with Crippen LogP contribution in [0.2, 0.25) is 0 Å². The quantitative estimate of drug-likeness (QED) is 0.0346. The lowest BCUT2D eigenvalue weighted by Gasteiger charge is -2.18. The topological polar surface area (TPSA) is 61.8 Å². The molecule has 5 nitrogen and oxygen atoms in total. The highest BCUT2D eigenvalue weighted by Gasteiger charge is 2.17. The Morgan fingerprint density at radius 3 is 1.19 bits per heavy atom. The van der Waals surface area contributed by atoms with Crippen LogP contribution in [0.3, 0.4) is 0 Å². The molecule has 0 bridgehead atoms. The summed E-state index contributed by atoms with van der Waals surface area (Å²) in [7, 11) is 0. The van der Waals surface area contributed by atoms with Crippen LogP contribution in [0.15, 0.2) is 60.8 Å². The fraction of sp³-hybridized carbons (Fsp3) is 0.797. The molecule has 5 heteroatoms. The van der Waals surface area contributed by atoms with E-state index in [1.807, 2.05) is 6.08 Å². The number of hydrogen-bond donors (Lipinski definition) is 0. The highest BCUT2D eigenvalue weighted by molar-refractivity contribution is 5.70. The molecule has 0 rings (SSSR count). The van der Waals surface area contributed by atoms with Gasteiger partial charge in [-0.05, 0) is 70.6 Å². The average molecular weight is 895 g/mol. The van der Waals surface area contributed by atoms with E-state index >= 15 is 0 Å². The molecule has 0 aliphatic carbocycles. The molecule has 0 saturated carbocycles. The first-order valence-electron chi connectivity index (χ1n) is 27.8. The number of ether oxygens (including phenoxy) is 3. The maximum Gasteiger partial charge on any atom is 0.306 e. The van der Waals surface area contributed by atoms with E-state index in [2.05, 4.69) is 75.5 Å². The van der Waals surface area contributed by atoms with Gasteiger partial charge in [0, 0.05) is 19.4 Å². The van der Waals surface area contributed by atoms with Gasteiger partial charge in [0.05, 0.1) is 6.61 Å². The molecular weight excluding hydrogens is 789 g/mol. The highest BCUT2D eigenvalue weighted by Crippen LogP contribution is 2.16. The van der Waals surface area contributed by atoms with Crippen LogP contribution in [-0.4, -0.2) is 37.9 Å². The summed E-state index contributed by atoms with van der Waals surface area (Å²) in [5.74, 6) is -0.490. The van der Waals surface area contributed by atoms with Crippen LogP contribution in [-0.2, 0) is 23.8 Å². The number of esters is 2. The SMILES string of the molecule is CC/C=C\C/C=C\C/C=C\C/C=C\CCC(=O)OC(COCCCCCCCCCCCCCCCCCCCCCC)COC(=O)CCCCCCC/C=C\CCCCCCCC. The van der Waals surface area contributed by atoms with Crippen LogP contribution in [0.1, 0.15) is 278 Å². The normalized spacial score (nSPS) is 12.6. The zero-order valence-electron chi connectivity index (χ0n) is 42.8. The Balaban J connectivity index is 4.27. The number of carbonyl (C=O) groups excluding carboxylic acids is 2. The van der Waals surface area contributed by atoms with E-state index in [1.165, 1.54) is 173 Å². The Labute approximate surface area is 398 Å². The third kappa shape index (κ3) is 52.2. The maximum atomic E-state index is 12.8. The van der Waals surface area contributed by atoms with Crippen molar-refractivity contribution in [3.8, 4) is 0 Å². The minimum atomic E-state index is -0.576. The predicted octanol–water partition coefficient (Wildman–Crippen LogP) is 18.9. The summed E-state index contributed by atoms with van der Waals surface area (Å²) in [4.78, 5) is 25.4. The number of hydrogen-bond acceptors (Lipinski definition) is 5. The van der Waals surface area contributed by atoms with Crippen molar-refractivity contribution in [3.05, 3.63) is 60.8 Å². The molecule has 0 aliphatic rings. The first-order valence-corrected chi connectivity index (χ1v) is 27.8. The third-order valence-electron chi connectivity index (χ3n) is 12.1. The number of allylic oxidation sites excluding steroid dienone is 10. The van der Waals surface area contributed by atoms with Crippen molar-refractivity contribution < 1.29 is 23.8 Å². The lowest BCUT2D eigenvalue weighted by atomic mass is 10.0. The van der Waals surface area contributed by atoms with Gasteiger partial charge in [-0.25, -0.2) is 0 Å². The second-order valence-corrected chi connectivity index (χ2v) is 18.5. The molecule has 0 aromatic carbocycles. The Morgan fingerprint density at radius 1 is 0.359 bits per heavy atom. The van der Waals surface area contributed by atoms with Gasteiger partial charge in [-0.3, -0.25) is 9.59 Å². The smallest absolute Gasteiger partial charge is 0.306 e. The first kappa shape index (κ1) is 61.6. The maximum absolute atomic E-state index is 12.8. The molecule has 0 fully saturated rings. The lowest BCUT2D eigenvalue weighted by Crippen LogP contribution is -2.30. The second kappa shape index (κ2) is 54.9. The molecule has 372 valence electrons. The third-order valence-corrected chi connectivity index (χ3v) is 12.1. The van der Waals surface area contributed by atoms with Crippen molar-refractivity contribution in [2.24, 2.45) is 0 Å². The van der Waals surface area contributed by atoms with Gasteiger partial charge in [0.25, 0.3) is 0 Å². The van der Waals surface area contributed by atoms with Gasteiger partial charge in [0.2, 0.25) is 0 Å². The monoisotopic (exact) mass is 895 g/mol. The van der Waals surface area contributed by atoms with Crippen LogP contribution >= 0.6 is 0 Å². The molecule has 0 amide bonds. The molecule has 0 N–H and O–H groups in total. The summed E-state index contributed by atoms with van der Waals surface area (Å²) in [5.41, 5.74) is 0. The van der Waals surface area contributed by atoms with Crippen LogP contribution in [0.4, 0.5) is 0 Å². The summed E-state index contributed by atoms with van der Waals surface area (Å²) in [6, 6.07) is 0. The van der Waals surface area contributed by atoms with Gasteiger partial charge in [0.1, 0.15) is 6.61 Å². The Bertz CT molecular complexity index is 1100. The molecule has 1 unspecified atom stereocenters. The molecule has 0 saturated heterocycles. The van der Waals surface area contributed by atoms with Crippen molar-refractivity contribution in [1.29, 1.82) is 0 Å². The van der Waals surface area contributed by atoms with Crippen molar-refractivity contribution in [3.63, 3.8) is 0 Å². The van der Waals surface area contributed by atoms with Gasteiger partial charge >= 0.3 is 11.9 Å². The standard InChI is InChI=1S/C59H106O5/c1-4-7-10-13-16-19-22-25-27-28-29-30-31-33-36-39-42-45-48-51-54-62-55-57(64-59(61)53-50-47-44-41-38-34-24-21-18-15-12-9-6-3)56-63-58(60)52-49-46-43-40-37-35-32-26-23-20-17-14-11-8-5-2/h9,12,18,21,26,32,34,38,44,47,57H,4-8,10-11,13-17,19-20,22-25,27-31,33,35-37,39-43,45-46,48-56H2,1-3H3/b12-9-,21-18-,32-26-,38-34-,47-44-.